The van der Waals surface area contributed by atoms with Gasteiger partial charge >= 0.3 is 0 Å². The third-order valence-electron chi connectivity index (χ3n) is 3.81. The van der Waals surface area contributed by atoms with Gasteiger partial charge in [-0.1, -0.05) is 28.8 Å². The van der Waals surface area contributed by atoms with Crippen LogP contribution >= 0.6 is 43.6 Å². The van der Waals surface area contributed by atoms with E-state index in [0.29, 0.717) is 14.6 Å². The van der Waals surface area contributed by atoms with Crippen LogP contribution in [0.3, 0.4) is 0 Å². The van der Waals surface area contributed by atoms with Gasteiger partial charge in [0.05, 0.1) is 4.90 Å². The van der Waals surface area contributed by atoms with Gasteiger partial charge in [-0.05, 0) is 59.6 Å². The summed E-state index contributed by atoms with van der Waals surface area (Å²) in [5, 5.41) is 0.362. The van der Waals surface area contributed by atoms with Crippen LogP contribution < -0.4 is 4.72 Å². The van der Waals surface area contributed by atoms with E-state index in [0.717, 1.165) is 29.3 Å². The van der Waals surface area contributed by atoms with Crippen molar-refractivity contribution in [2.75, 3.05) is 6.26 Å². The van der Waals surface area contributed by atoms with Crippen molar-refractivity contribution < 1.29 is 8.42 Å². The molecule has 1 aliphatic rings. The Morgan fingerprint density at radius 3 is 2.52 bits per heavy atom. The predicted octanol–water partition coefficient (Wildman–Crippen LogP) is 4.47. The standard InChI is InChI=1S/C14H19Br2NO2S2/c1-9-7-11(16)14(8-10(9)15)21(18,19)17-12-5-3-4-6-13(12)20-2/h7-8,12-13,17H,3-6H2,1-2H3. The molecule has 0 radical (unpaired) electrons. The van der Waals surface area contributed by atoms with Crippen LogP contribution in [0, 0.1) is 6.92 Å². The SMILES string of the molecule is CSC1CCCCC1NS(=O)(=O)c1cc(Br)c(C)cc1Br. The van der Waals surface area contributed by atoms with Crippen LogP contribution in [0.1, 0.15) is 31.2 Å². The molecule has 118 valence electrons. The third kappa shape index (κ3) is 4.25. The average molecular weight is 457 g/mol. The molecule has 0 heterocycles. The molecule has 1 N–H and O–H groups in total. The van der Waals surface area contributed by atoms with Crippen LogP contribution in [-0.4, -0.2) is 26.0 Å². The lowest BCUT2D eigenvalue weighted by Gasteiger charge is -2.30. The van der Waals surface area contributed by atoms with E-state index in [-0.39, 0.29) is 6.04 Å². The van der Waals surface area contributed by atoms with Gasteiger partial charge in [0.2, 0.25) is 10.0 Å². The number of hydrogen-bond donors (Lipinski definition) is 1. The molecule has 3 nitrogen and oxygen atoms in total. The van der Waals surface area contributed by atoms with Gasteiger partial charge in [-0.3, -0.25) is 0 Å². The van der Waals surface area contributed by atoms with Crippen molar-refractivity contribution in [2.24, 2.45) is 0 Å². The normalized spacial score (nSPS) is 23.2. The second kappa shape index (κ2) is 7.34. The lowest BCUT2D eigenvalue weighted by molar-refractivity contribution is 0.423. The highest BCUT2D eigenvalue weighted by atomic mass is 79.9. The van der Waals surface area contributed by atoms with E-state index >= 15 is 0 Å². The minimum absolute atomic E-state index is 0.0192. The van der Waals surface area contributed by atoms with Crippen molar-refractivity contribution in [3.05, 3.63) is 26.6 Å². The number of hydrogen-bond acceptors (Lipinski definition) is 3. The number of sulfonamides is 1. The summed E-state index contributed by atoms with van der Waals surface area (Å²) >= 11 is 8.53. The first-order valence-electron chi connectivity index (χ1n) is 6.86. The molecule has 1 aliphatic carbocycles. The summed E-state index contributed by atoms with van der Waals surface area (Å²) in [5.41, 5.74) is 1.00. The molecule has 1 aromatic rings. The maximum Gasteiger partial charge on any atom is 0.242 e. The highest BCUT2D eigenvalue weighted by molar-refractivity contribution is 9.11. The van der Waals surface area contributed by atoms with Gasteiger partial charge in [-0.25, -0.2) is 13.1 Å². The average Bonchev–Trinajstić information content (AvgIpc) is 2.43. The molecule has 0 bridgehead atoms. The molecule has 0 spiro atoms. The molecule has 2 atom stereocenters. The van der Waals surface area contributed by atoms with E-state index in [1.165, 1.54) is 6.42 Å². The Bertz CT molecular complexity index is 620. The van der Waals surface area contributed by atoms with Crippen LogP contribution in [0.15, 0.2) is 26.0 Å². The summed E-state index contributed by atoms with van der Waals surface area (Å²) < 4.78 is 29.7. The Balaban J connectivity index is 2.28. The fraction of sp³-hybridized carbons (Fsp3) is 0.571. The zero-order valence-electron chi connectivity index (χ0n) is 12.0. The van der Waals surface area contributed by atoms with Crippen LogP contribution in [0.4, 0.5) is 0 Å². The Labute approximate surface area is 148 Å². The summed E-state index contributed by atoms with van der Waals surface area (Å²) in [5.74, 6) is 0. The first-order chi connectivity index (χ1) is 9.85. The molecule has 0 aromatic heterocycles. The zero-order chi connectivity index (χ0) is 15.6. The first-order valence-corrected chi connectivity index (χ1v) is 11.2. The first kappa shape index (κ1) is 17.8. The topological polar surface area (TPSA) is 46.2 Å². The van der Waals surface area contributed by atoms with Gasteiger partial charge in [-0.2, -0.15) is 11.8 Å². The smallest absolute Gasteiger partial charge is 0.207 e. The molecule has 21 heavy (non-hydrogen) atoms. The van der Waals surface area contributed by atoms with Crippen LogP contribution in [0.25, 0.3) is 0 Å². The minimum atomic E-state index is -3.51. The predicted molar refractivity (Wildman–Crippen MR) is 96.5 cm³/mol. The Kier molecular flexibility index (Phi) is 6.22. The van der Waals surface area contributed by atoms with Crippen molar-refractivity contribution in [1.82, 2.24) is 4.72 Å². The Morgan fingerprint density at radius 1 is 1.19 bits per heavy atom. The van der Waals surface area contributed by atoms with E-state index in [2.05, 4.69) is 42.8 Å². The minimum Gasteiger partial charge on any atom is -0.207 e. The lowest BCUT2D eigenvalue weighted by atomic mass is 9.96. The summed E-state index contributed by atoms with van der Waals surface area (Å²) in [6.07, 6.45) is 6.31. The molecular formula is C14H19Br2NO2S2. The van der Waals surface area contributed by atoms with E-state index in [9.17, 15) is 8.42 Å². The highest BCUT2D eigenvalue weighted by Gasteiger charge is 2.30. The van der Waals surface area contributed by atoms with Gasteiger partial charge < -0.3 is 0 Å². The van der Waals surface area contributed by atoms with Crippen molar-refractivity contribution >= 4 is 53.6 Å². The molecule has 0 saturated heterocycles. The molecule has 7 heteroatoms. The van der Waals surface area contributed by atoms with Crippen molar-refractivity contribution in [2.45, 2.75) is 48.8 Å². The second-order valence-corrected chi connectivity index (χ2v) is 9.79. The monoisotopic (exact) mass is 455 g/mol. The van der Waals surface area contributed by atoms with E-state index in [1.54, 1.807) is 17.8 Å². The summed E-state index contributed by atoms with van der Waals surface area (Å²) in [6, 6.07) is 3.51. The van der Waals surface area contributed by atoms with Crippen LogP contribution in [0.5, 0.6) is 0 Å². The molecule has 2 rings (SSSR count). The number of rotatable bonds is 4. The van der Waals surface area contributed by atoms with E-state index < -0.39 is 10.0 Å². The number of thioether (sulfide) groups is 1. The highest BCUT2D eigenvalue weighted by Crippen LogP contribution is 2.31. The molecule has 1 aromatic carbocycles. The zero-order valence-corrected chi connectivity index (χ0v) is 16.8. The van der Waals surface area contributed by atoms with Crippen LogP contribution in [-0.2, 0) is 10.0 Å². The molecule has 1 saturated carbocycles. The second-order valence-electron chi connectivity index (χ2n) is 5.32. The fourth-order valence-electron chi connectivity index (χ4n) is 2.61. The number of aryl methyl sites for hydroxylation is 1. The van der Waals surface area contributed by atoms with Gasteiger partial charge in [0, 0.05) is 20.2 Å². The Hall–Kier alpha value is 0.440. The number of nitrogens with one attached hydrogen (secondary N) is 1. The fourth-order valence-corrected chi connectivity index (χ4v) is 6.62. The number of benzene rings is 1. The largest absolute Gasteiger partial charge is 0.242 e. The lowest BCUT2D eigenvalue weighted by Crippen LogP contribution is -2.43. The molecule has 1 fully saturated rings. The third-order valence-corrected chi connectivity index (χ3v) is 8.29. The van der Waals surface area contributed by atoms with Crippen molar-refractivity contribution in [3.8, 4) is 0 Å². The van der Waals surface area contributed by atoms with Crippen molar-refractivity contribution in [3.63, 3.8) is 0 Å². The van der Waals surface area contributed by atoms with Gasteiger partial charge in [0.15, 0.2) is 0 Å². The van der Waals surface area contributed by atoms with Gasteiger partial charge in [0.1, 0.15) is 0 Å². The summed E-state index contributed by atoms with van der Waals surface area (Å²) in [7, 11) is -3.51. The quantitative estimate of drug-likeness (QED) is 0.726. The number of halogens is 2. The Morgan fingerprint density at radius 2 is 1.86 bits per heavy atom. The van der Waals surface area contributed by atoms with E-state index in [4.69, 9.17) is 0 Å². The van der Waals surface area contributed by atoms with E-state index in [1.807, 2.05) is 13.0 Å². The summed E-state index contributed by atoms with van der Waals surface area (Å²) in [6.45, 7) is 1.93. The summed E-state index contributed by atoms with van der Waals surface area (Å²) in [4.78, 5) is 0.297. The molecule has 0 aliphatic heterocycles. The molecule has 2 unspecified atom stereocenters. The maximum atomic E-state index is 12.7. The maximum absolute atomic E-state index is 12.7. The van der Waals surface area contributed by atoms with Gasteiger partial charge in [0.25, 0.3) is 0 Å². The molecule has 0 amide bonds. The van der Waals surface area contributed by atoms with Gasteiger partial charge in [-0.15, -0.1) is 0 Å². The van der Waals surface area contributed by atoms with Crippen LogP contribution in [0.2, 0.25) is 0 Å². The molecular weight excluding hydrogens is 438 g/mol. The van der Waals surface area contributed by atoms with Crippen molar-refractivity contribution in [1.29, 1.82) is 0 Å².